The molecule has 0 fully saturated rings. The topological polar surface area (TPSA) is 81.4 Å². The van der Waals surface area contributed by atoms with E-state index >= 15 is 0 Å². The maximum absolute atomic E-state index is 11.5. The zero-order valence-corrected chi connectivity index (χ0v) is 8.80. The number of carboxylic acid groups (broad SMARTS) is 1. The van der Waals surface area contributed by atoms with Crippen LogP contribution in [-0.4, -0.2) is 34.5 Å². The van der Waals surface area contributed by atoms with Gasteiger partial charge in [0, 0.05) is 24.7 Å². The summed E-state index contributed by atoms with van der Waals surface area (Å²) in [6.45, 7) is 3.94. The molecule has 0 saturated carbocycles. The van der Waals surface area contributed by atoms with Gasteiger partial charge >= 0.3 is 5.97 Å². The fraction of sp³-hybridized carbons (Fsp3) is 0.500. The monoisotopic (exact) mass is 210 g/mol. The molecule has 0 aromatic carbocycles. The Morgan fingerprint density at radius 2 is 2.07 bits per heavy atom. The van der Waals surface area contributed by atoms with E-state index in [1.807, 2.05) is 19.9 Å². The number of aliphatic carboxylic acids is 1. The number of nitriles is 1. The molecule has 1 amide bonds. The van der Waals surface area contributed by atoms with Crippen LogP contribution in [0.15, 0.2) is 12.2 Å². The van der Waals surface area contributed by atoms with Gasteiger partial charge in [-0.15, -0.1) is 0 Å². The summed E-state index contributed by atoms with van der Waals surface area (Å²) in [5, 5.41) is 16.7. The lowest BCUT2D eigenvalue weighted by atomic mass is 10.2. The zero-order chi connectivity index (χ0) is 11.8. The zero-order valence-electron chi connectivity index (χ0n) is 8.80. The van der Waals surface area contributed by atoms with Gasteiger partial charge < -0.3 is 10.0 Å². The highest BCUT2D eigenvalue weighted by molar-refractivity contribution is 5.94. The Hall–Kier alpha value is -1.83. The van der Waals surface area contributed by atoms with E-state index in [1.54, 1.807) is 0 Å². The van der Waals surface area contributed by atoms with Crippen LogP contribution in [0, 0.1) is 11.3 Å². The Morgan fingerprint density at radius 1 is 1.47 bits per heavy atom. The predicted octanol–water partition coefficient (Wildman–Crippen LogP) is 0.778. The summed E-state index contributed by atoms with van der Waals surface area (Å²) >= 11 is 0. The first-order valence-electron chi connectivity index (χ1n) is 4.57. The quantitative estimate of drug-likeness (QED) is 0.680. The van der Waals surface area contributed by atoms with Crippen molar-refractivity contribution in [2.75, 3.05) is 6.54 Å². The molecule has 0 spiro atoms. The summed E-state index contributed by atoms with van der Waals surface area (Å²) in [5.41, 5.74) is 0. The van der Waals surface area contributed by atoms with E-state index in [9.17, 15) is 9.59 Å². The molecule has 0 bridgehead atoms. The first-order valence-corrected chi connectivity index (χ1v) is 4.57. The van der Waals surface area contributed by atoms with E-state index < -0.39 is 5.97 Å². The molecule has 0 aromatic rings. The number of amides is 1. The van der Waals surface area contributed by atoms with Crippen molar-refractivity contribution in [3.05, 3.63) is 12.2 Å². The first-order chi connectivity index (χ1) is 6.99. The van der Waals surface area contributed by atoms with Gasteiger partial charge in [-0.3, -0.25) is 4.79 Å². The molecule has 0 saturated heterocycles. The second-order valence-electron chi connectivity index (χ2n) is 3.21. The molecule has 0 aliphatic heterocycles. The van der Waals surface area contributed by atoms with Gasteiger partial charge in [-0.2, -0.15) is 5.26 Å². The largest absolute Gasteiger partial charge is 0.478 e. The molecule has 82 valence electrons. The highest BCUT2D eigenvalue weighted by Crippen LogP contribution is 2.01. The van der Waals surface area contributed by atoms with Crippen LogP contribution < -0.4 is 0 Å². The van der Waals surface area contributed by atoms with E-state index in [0.717, 1.165) is 12.2 Å². The minimum absolute atomic E-state index is 0.0516. The maximum Gasteiger partial charge on any atom is 0.328 e. The van der Waals surface area contributed by atoms with Crippen molar-refractivity contribution in [2.45, 2.75) is 26.3 Å². The van der Waals surface area contributed by atoms with Crippen molar-refractivity contribution >= 4 is 11.9 Å². The van der Waals surface area contributed by atoms with Crippen molar-refractivity contribution in [1.82, 2.24) is 4.90 Å². The van der Waals surface area contributed by atoms with Crippen LogP contribution >= 0.6 is 0 Å². The Labute approximate surface area is 88.6 Å². The lowest BCUT2D eigenvalue weighted by molar-refractivity contribution is -0.132. The van der Waals surface area contributed by atoms with Crippen molar-refractivity contribution < 1.29 is 14.7 Å². The summed E-state index contributed by atoms with van der Waals surface area (Å²) < 4.78 is 0. The Bertz CT molecular complexity index is 302. The van der Waals surface area contributed by atoms with Gasteiger partial charge in [0.1, 0.15) is 0 Å². The molecule has 0 rings (SSSR count). The SMILES string of the molecule is CC(C)N(CCC#N)C(=O)/C=C/C(=O)O. The third-order valence-electron chi connectivity index (χ3n) is 1.74. The van der Waals surface area contributed by atoms with Gasteiger partial charge in [0.15, 0.2) is 0 Å². The van der Waals surface area contributed by atoms with Gasteiger partial charge in [-0.25, -0.2) is 4.79 Å². The molecule has 0 aromatic heterocycles. The third kappa shape index (κ3) is 5.47. The minimum Gasteiger partial charge on any atom is -0.478 e. The molecule has 0 heterocycles. The van der Waals surface area contributed by atoms with Crippen LogP contribution in [0.4, 0.5) is 0 Å². The van der Waals surface area contributed by atoms with Gasteiger partial charge in [0.25, 0.3) is 0 Å². The van der Waals surface area contributed by atoms with E-state index in [2.05, 4.69) is 0 Å². The number of nitrogens with zero attached hydrogens (tertiary/aromatic N) is 2. The Kier molecular flexibility index (Phi) is 5.79. The van der Waals surface area contributed by atoms with E-state index in [0.29, 0.717) is 6.54 Å². The fourth-order valence-corrected chi connectivity index (χ4v) is 1.03. The molecule has 15 heavy (non-hydrogen) atoms. The van der Waals surface area contributed by atoms with Crippen molar-refractivity contribution in [3.8, 4) is 6.07 Å². The van der Waals surface area contributed by atoms with Crippen molar-refractivity contribution in [3.63, 3.8) is 0 Å². The number of carboxylic acids is 1. The average molecular weight is 210 g/mol. The third-order valence-corrected chi connectivity index (χ3v) is 1.74. The van der Waals surface area contributed by atoms with Crippen LogP contribution in [0.2, 0.25) is 0 Å². The number of carbonyl (C=O) groups excluding carboxylic acids is 1. The van der Waals surface area contributed by atoms with Gasteiger partial charge in [0.05, 0.1) is 12.5 Å². The number of hydrogen-bond acceptors (Lipinski definition) is 3. The molecule has 5 nitrogen and oxygen atoms in total. The molecular weight excluding hydrogens is 196 g/mol. The standard InChI is InChI=1S/C10H14N2O3/c1-8(2)12(7-3-6-11)9(13)4-5-10(14)15/h4-5,8H,3,7H2,1-2H3,(H,14,15)/b5-4+. The van der Waals surface area contributed by atoms with Crippen LogP contribution in [0.3, 0.4) is 0 Å². The lowest BCUT2D eigenvalue weighted by Crippen LogP contribution is -2.36. The number of carbonyl (C=O) groups is 2. The fourth-order valence-electron chi connectivity index (χ4n) is 1.03. The van der Waals surface area contributed by atoms with Gasteiger partial charge in [0.2, 0.25) is 5.91 Å². The molecule has 5 heteroatoms. The minimum atomic E-state index is -1.16. The van der Waals surface area contributed by atoms with Crippen LogP contribution in [0.5, 0.6) is 0 Å². The number of rotatable bonds is 5. The highest BCUT2D eigenvalue weighted by atomic mass is 16.4. The molecule has 0 aliphatic rings. The van der Waals surface area contributed by atoms with Crippen LogP contribution in [0.1, 0.15) is 20.3 Å². The van der Waals surface area contributed by atoms with E-state index in [-0.39, 0.29) is 18.4 Å². The second kappa shape index (κ2) is 6.60. The van der Waals surface area contributed by atoms with Crippen molar-refractivity contribution in [1.29, 1.82) is 5.26 Å². The Morgan fingerprint density at radius 3 is 2.47 bits per heavy atom. The lowest BCUT2D eigenvalue weighted by Gasteiger charge is -2.24. The summed E-state index contributed by atoms with van der Waals surface area (Å²) in [7, 11) is 0. The smallest absolute Gasteiger partial charge is 0.328 e. The van der Waals surface area contributed by atoms with Crippen LogP contribution in [-0.2, 0) is 9.59 Å². The Balaban J connectivity index is 4.43. The molecule has 0 atom stereocenters. The van der Waals surface area contributed by atoms with Crippen molar-refractivity contribution in [2.24, 2.45) is 0 Å². The van der Waals surface area contributed by atoms with E-state index in [4.69, 9.17) is 10.4 Å². The molecule has 1 N–H and O–H groups in total. The van der Waals surface area contributed by atoms with Crippen LogP contribution in [0.25, 0.3) is 0 Å². The predicted molar refractivity (Wildman–Crippen MR) is 53.9 cm³/mol. The summed E-state index contributed by atoms with van der Waals surface area (Å²) in [4.78, 5) is 23.1. The van der Waals surface area contributed by atoms with Gasteiger partial charge in [-0.1, -0.05) is 0 Å². The summed E-state index contributed by atoms with van der Waals surface area (Å²) in [5.74, 6) is -1.55. The van der Waals surface area contributed by atoms with E-state index in [1.165, 1.54) is 4.90 Å². The molecule has 0 aliphatic carbocycles. The molecule has 0 unspecified atom stereocenters. The summed E-state index contributed by atoms with van der Waals surface area (Å²) in [6.07, 6.45) is 2.04. The van der Waals surface area contributed by atoms with Gasteiger partial charge in [-0.05, 0) is 13.8 Å². The second-order valence-corrected chi connectivity index (χ2v) is 3.21. The molecule has 0 radical (unpaired) electrons. The average Bonchev–Trinajstić information content (AvgIpc) is 2.14. The summed E-state index contributed by atoms with van der Waals surface area (Å²) in [6, 6.07) is 1.89. The highest BCUT2D eigenvalue weighted by Gasteiger charge is 2.13. The maximum atomic E-state index is 11.5. The number of hydrogen-bond donors (Lipinski definition) is 1. The first kappa shape index (κ1) is 13.2. The normalized spacial score (nSPS) is 10.3. The molecular formula is C10H14N2O3.